The first-order valence-corrected chi connectivity index (χ1v) is 7.37. The van der Waals surface area contributed by atoms with Crippen molar-refractivity contribution in [2.24, 2.45) is 0 Å². The molecule has 116 valence electrons. The van der Waals surface area contributed by atoms with E-state index in [0.717, 1.165) is 0 Å². The fourth-order valence-corrected chi connectivity index (χ4v) is 2.04. The first kappa shape index (κ1) is 16.2. The number of amides is 1. The summed E-state index contributed by atoms with van der Waals surface area (Å²) in [6.45, 7) is 1.90. The van der Waals surface area contributed by atoms with E-state index < -0.39 is 6.10 Å². The van der Waals surface area contributed by atoms with E-state index in [1.165, 1.54) is 0 Å². The minimum absolute atomic E-state index is 0.201. The van der Waals surface area contributed by atoms with Crippen LogP contribution in [0.1, 0.15) is 13.3 Å². The third-order valence-electron chi connectivity index (χ3n) is 3.09. The molecule has 2 aromatic carbocycles. The van der Waals surface area contributed by atoms with E-state index in [0.29, 0.717) is 28.6 Å². The van der Waals surface area contributed by atoms with E-state index in [1.807, 2.05) is 19.1 Å². The summed E-state index contributed by atoms with van der Waals surface area (Å²) in [4.78, 5) is 12.3. The number of ether oxygens (including phenoxy) is 2. The van der Waals surface area contributed by atoms with Gasteiger partial charge in [0, 0.05) is 16.8 Å². The average Bonchev–Trinajstić information content (AvgIpc) is 2.54. The summed E-state index contributed by atoms with van der Waals surface area (Å²) in [5.74, 6) is 1.08. The number of hydrogen-bond acceptors (Lipinski definition) is 3. The van der Waals surface area contributed by atoms with Gasteiger partial charge in [0.15, 0.2) is 6.10 Å². The van der Waals surface area contributed by atoms with Crippen molar-refractivity contribution in [3.05, 3.63) is 53.6 Å². The monoisotopic (exact) mass is 319 g/mol. The van der Waals surface area contributed by atoms with Crippen molar-refractivity contribution < 1.29 is 14.3 Å². The molecule has 2 rings (SSSR count). The molecule has 0 aliphatic heterocycles. The van der Waals surface area contributed by atoms with Gasteiger partial charge in [-0.25, -0.2) is 0 Å². The lowest BCUT2D eigenvalue weighted by molar-refractivity contribution is -0.122. The predicted octanol–water partition coefficient (Wildman–Crippen LogP) is 4.14. The van der Waals surface area contributed by atoms with E-state index in [2.05, 4.69) is 5.32 Å². The molecule has 5 heteroatoms. The molecule has 4 nitrogen and oxygen atoms in total. The van der Waals surface area contributed by atoms with Crippen molar-refractivity contribution in [2.75, 3.05) is 12.4 Å². The van der Waals surface area contributed by atoms with Gasteiger partial charge in [-0.3, -0.25) is 4.79 Å². The number of halogens is 1. The van der Waals surface area contributed by atoms with E-state index in [1.54, 1.807) is 43.5 Å². The lowest BCUT2D eigenvalue weighted by Crippen LogP contribution is -2.32. The van der Waals surface area contributed by atoms with Crippen LogP contribution in [0.5, 0.6) is 11.5 Å². The van der Waals surface area contributed by atoms with Gasteiger partial charge < -0.3 is 14.8 Å². The number of rotatable bonds is 6. The first-order chi connectivity index (χ1) is 10.6. The largest absolute Gasteiger partial charge is 0.497 e. The molecule has 0 radical (unpaired) electrons. The van der Waals surface area contributed by atoms with Crippen LogP contribution in [0.4, 0.5) is 5.69 Å². The fraction of sp³-hybridized carbons (Fsp3) is 0.235. The minimum Gasteiger partial charge on any atom is -0.497 e. The van der Waals surface area contributed by atoms with Gasteiger partial charge in [-0.15, -0.1) is 0 Å². The predicted molar refractivity (Wildman–Crippen MR) is 87.8 cm³/mol. The third kappa shape index (κ3) is 4.40. The zero-order valence-electron chi connectivity index (χ0n) is 12.5. The summed E-state index contributed by atoms with van der Waals surface area (Å²) in [6.07, 6.45) is -0.0285. The summed E-state index contributed by atoms with van der Waals surface area (Å²) in [6, 6.07) is 14.1. The molecule has 0 fully saturated rings. The molecule has 0 bridgehead atoms. The molecule has 22 heavy (non-hydrogen) atoms. The van der Waals surface area contributed by atoms with Crippen molar-refractivity contribution in [3.8, 4) is 11.5 Å². The molecular weight excluding hydrogens is 302 g/mol. The Morgan fingerprint density at radius 3 is 2.50 bits per heavy atom. The molecule has 0 aromatic heterocycles. The van der Waals surface area contributed by atoms with Gasteiger partial charge in [0.25, 0.3) is 5.91 Å². The lowest BCUT2D eigenvalue weighted by atomic mass is 10.2. The Bertz CT molecular complexity index is 628. The van der Waals surface area contributed by atoms with Crippen LogP contribution in [0.2, 0.25) is 5.02 Å². The highest BCUT2D eigenvalue weighted by atomic mass is 35.5. The van der Waals surface area contributed by atoms with Crippen molar-refractivity contribution >= 4 is 23.2 Å². The summed E-state index contributed by atoms with van der Waals surface area (Å²) in [7, 11) is 1.59. The van der Waals surface area contributed by atoms with E-state index in [-0.39, 0.29) is 5.91 Å². The van der Waals surface area contributed by atoms with Gasteiger partial charge in [-0.1, -0.05) is 24.6 Å². The molecule has 1 N–H and O–H groups in total. The normalized spacial score (nSPS) is 11.6. The van der Waals surface area contributed by atoms with Crippen LogP contribution in [-0.2, 0) is 4.79 Å². The van der Waals surface area contributed by atoms with Crippen molar-refractivity contribution in [3.63, 3.8) is 0 Å². The standard InChI is InChI=1S/C17H18ClNO3/c1-3-16(22-15-6-4-5-14(11-15)21-2)17(20)19-13-9-7-12(18)8-10-13/h4-11,16H,3H2,1-2H3,(H,19,20). The van der Waals surface area contributed by atoms with E-state index >= 15 is 0 Å². The molecular formula is C17H18ClNO3. The Kier molecular flexibility index (Phi) is 5.67. The van der Waals surface area contributed by atoms with Crippen LogP contribution in [0, 0.1) is 0 Å². The van der Waals surface area contributed by atoms with E-state index in [9.17, 15) is 4.79 Å². The molecule has 1 amide bonds. The zero-order chi connectivity index (χ0) is 15.9. The molecule has 0 saturated heterocycles. The van der Waals surface area contributed by atoms with Crippen molar-refractivity contribution in [1.82, 2.24) is 0 Å². The van der Waals surface area contributed by atoms with E-state index in [4.69, 9.17) is 21.1 Å². The summed E-state index contributed by atoms with van der Waals surface area (Å²) < 4.78 is 10.9. The number of nitrogens with one attached hydrogen (secondary N) is 1. The van der Waals surface area contributed by atoms with Crippen molar-refractivity contribution in [1.29, 1.82) is 0 Å². The number of carbonyl (C=O) groups is 1. The SMILES string of the molecule is CCC(Oc1cccc(OC)c1)C(=O)Nc1ccc(Cl)cc1. The Morgan fingerprint density at radius 2 is 1.86 bits per heavy atom. The number of hydrogen-bond donors (Lipinski definition) is 1. The average molecular weight is 320 g/mol. The molecule has 1 unspecified atom stereocenters. The van der Waals surface area contributed by atoms with Crippen LogP contribution in [0.3, 0.4) is 0 Å². The second kappa shape index (κ2) is 7.71. The Labute approximate surface area is 135 Å². The number of carbonyl (C=O) groups excluding carboxylic acids is 1. The van der Waals surface area contributed by atoms with Crippen LogP contribution in [-0.4, -0.2) is 19.1 Å². The highest BCUT2D eigenvalue weighted by molar-refractivity contribution is 6.30. The third-order valence-corrected chi connectivity index (χ3v) is 3.35. The zero-order valence-corrected chi connectivity index (χ0v) is 13.3. The fourth-order valence-electron chi connectivity index (χ4n) is 1.92. The molecule has 1 atom stereocenters. The lowest BCUT2D eigenvalue weighted by Gasteiger charge is -2.17. The Hall–Kier alpha value is -2.20. The quantitative estimate of drug-likeness (QED) is 0.870. The maximum Gasteiger partial charge on any atom is 0.265 e. The Morgan fingerprint density at radius 1 is 1.18 bits per heavy atom. The molecule has 0 aliphatic rings. The molecule has 0 heterocycles. The van der Waals surface area contributed by atoms with Gasteiger partial charge in [0.05, 0.1) is 7.11 Å². The maximum atomic E-state index is 12.3. The second-order valence-electron chi connectivity index (χ2n) is 4.69. The molecule has 0 saturated carbocycles. The summed E-state index contributed by atoms with van der Waals surface area (Å²) in [5.41, 5.74) is 0.682. The van der Waals surface area contributed by atoms with Crippen LogP contribution in [0.25, 0.3) is 0 Å². The first-order valence-electron chi connectivity index (χ1n) is 6.99. The number of benzene rings is 2. The summed E-state index contributed by atoms with van der Waals surface area (Å²) >= 11 is 5.82. The van der Waals surface area contributed by atoms with Gasteiger partial charge in [0.2, 0.25) is 0 Å². The smallest absolute Gasteiger partial charge is 0.265 e. The number of methoxy groups -OCH3 is 1. The van der Waals surface area contributed by atoms with Gasteiger partial charge >= 0.3 is 0 Å². The molecule has 0 spiro atoms. The van der Waals surface area contributed by atoms with Gasteiger partial charge in [0.1, 0.15) is 11.5 Å². The maximum absolute atomic E-state index is 12.3. The second-order valence-corrected chi connectivity index (χ2v) is 5.13. The van der Waals surface area contributed by atoms with Gasteiger partial charge in [-0.05, 0) is 42.8 Å². The molecule has 2 aromatic rings. The van der Waals surface area contributed by atoms with Gasteiger partial charge in [-0.2, -0.15) is 0 Å². The molecule has 0 aliphatic carbocycles. The minimum atomic E-state index is -0.581. The van der Waals surface area contributed by atoms with Crippen molar-refractivity contribution in [2.45, 2.75) is 19.4 Å². The van der Waals surface area contributed by atoms with Crippen LogP contribution < -0.4 is 14.8 Å². The number of anilines is 1. The topological polar surface area (TPSA) is 47.6 Å². The highest BCUT2D eigenvalue weighted by Gasteiger charge is 2.18. The van der Waals surface area contributed by atoms with Crippen LogP contribution in [0.15, 0.2) is 48.5 Å². The Balaban J connectivity index is 2.03. The van der Waals surface area contributed by atoms with Crippen LogP contribution >= 0.6 is 11.6 Å². The highest BCUT2D eigenvalue weighted by Crippen LogP contribution is 2.21. The summed E-state index contributed by atoms with van der Waals surface area (Å²) in [5, 5.41) is 3.44.